The Morgan fingerprint density at radius 2 is 1.70 bits per heavy atom. The standard InChI is InChI=1S/C21H19F3N2O4/c1-3-10-30-17-9-8-13(21(22,23)24)11-16(17)25-18(27)12(2)26-19(28)14-6-4-5-7-15(14)20(26)29/h4-9,11-12H,3,10H2,1-2H3,(H,25,27). The lowest BCUT2D eigenvalue weighted by molar-refractivity contribution is -0.137. The van der Waals surface area contributed by atoms with E-state index in [-0.39, 0.29) is 29.2 Å². The molecule has 0 bridgehead atoms. The summed E-state index contributed by atoms with van der Waals surface area (Å²) in [4.78, 5) is 38.6. The van der Waals surface area contributed by atoms with Gasteiger partial charge in [0, 0.05) is 0 Å². The molecule has 0 aliphatic carbocycles. The fourth-order valence-electron chi connectivity index (χ4n) is 3.06. The molecule has 0 fully saturated rings. The molecule has 0 spiro atoms. The summed E-state index contributed by atoms with van der Waals surface area (Å²) in [5.41, 5.74) is -0.803. The van der Waals surface area contributed by atoms with Crippen molar-refractivity contribution < 1.29 is 32.3 Å². The van der Waals surface area contributed by atoms with Crippen molar-refractivity contribution >= 4 is 23.4 Å². The van der Waals surface area contributed by atoms with Crippen molar-refractivity contribution in [1.82, 2.24) is 4.90 Å². The van der Waals surface area contributed by atoms with E-state index in [2.05, 4.69) is 5.32 Å². The second-order valence-corrected chi connectivity index (χ2v) is 6.75. The fraction of sp³-hybridized carbons (Fsp3) is 0.286. The lowest BCUT2D eigenvalue weighted by atomic mass is 10.1. The number of nitrogens with one attached hydrogen (secondary N) is 1. The molecule has 0 saturated carbocycles. The van der Waals surface area contributed by atoms with Gasteiger partial charge in [0.05, 0.1) is 29.0 Å². The van der Waals surface area contributed by atoms with E-state index < -0.39 is 35.5 Å². The topological polar surface area (TPSA) is 75.7 Å². The number of benzene rings is 2. The van der Waals surface area contributed by atoms with E-state index in [9.17, 15) is 27.6 Å². The maximum Gasteiger partial charge on any atom is 0.416 e. The number of imide groups is 1. The first-order valence-corrected chi connectivity index (χ1v) is 9.27. The molecule has 0 radical (unpaired) electrons. The molecule has 30 heavy (non-hydrogen) atoms. The zero-order valence-electron chi connectivity index (χ0n) is 16.2. The smallest absolute Gasteiger partial charge is 0.416 e. The molecule has 6 nitrogen and oxygen atoms in total. The van der Waals surface area contributed by atoms with Crippen LogP contribution in [0.25, 0.3) is 0 Å². The first kappa shape index (κ1) is 21.4. The molecule has 1 atom stereocenters. The molecule has 0 aromatic heterocycles. The van der Waals surface area contributed by atoms with Crippen LogP contribution in [-0.4, -0.2) is 35.3 Å². The minimum absolute atomic E-state index is 0.0627. The van der Waals surface area contributed by atoms with Crippen molar-refractivity contribution in [3.63, 3.8) is 0 Å². The van der Waals surface area contributed by atoms with E-state index in [0.29, 0.717) is 6.42 Å². The Bertz CT molecular complexity index is 969. The maximum absolute atomic E-state index is 13.1. The number of nitrogens with zero attached hydrogens (tertiary/aromatic N) is 1. The molecule has 1 unspecified atom stereocenters. The van der Waals surface area contributed by atoms with Crippen LogP contribution in [0, 0.1) is 0 Å². The van der Waals surface area contributed by atoms with Gasteiger partial charge in [-0.1, -0.05) is 19.1 Å². The van der Waals surface area contributed by atoms with Crippen LogP contribution in [0.15, 0.2) is 42.5 Å². The largest absolute Gasteiger partial charge is 0.491 e. The predicted molar refractivity (Wildman–Crippen MR) is 102 cm³/mol. The number of hydrogen-bond donors (Lipinski definition) is 1. The summed E-state index contributed by atoms with van der Waals surface area (Å²) in [5, 5.41) is 2.37. The van der Waals surface area contributed by atoms with E-state index in [1.165, 1.54) is 19.1 Å². The minimum atomic E-state index is -4.61. The number of amides is 3. The Hall–Kier alpha value is -3.36. The summed E-state index contributed by atoms with van der Waals surface area (Å²) < 4.78 is 44.7. The van der Waals surface area contributed by atoms with E-state index >= 15 is 0 Å². The average Bonchev–Trinajstić information content (AvgIpc) is 2.96. The third-order valence-electron chi connectivity index (χ3n) is 4.62. The van der Waals surface area contributed by atoms with Gasteiger partial charge in [-0.05, 0) is 43.7 Å². The molecule has 3 rings (SSSR count). The molecule has 2 aromatic carbocycles. The number of rotatable bonds is 6. The number of hydrogen-bond acceptors (Lipinski definition) is 4. The highest BCUT2D eigenvalue weighted by molar-refractivity contribution is 6.23. The second-order valence-electron chi connectivity index (χ2n) is 6.75. The highest BCUT2D eigenvalue weighted by Gasteiger charge is 2.41. The zero-order valence-corrected chi connectivity index (χ0v) is 16.2. The SMILES string of the molecule is CCCOc1ccc(C(F)(F)F)cc1NC(=O)C(C)N1C(=O)c2ccccc2C1=O. The molecule has 1 heterocycles. The molecule has 158 valence electrons. The molecular formula is C21H19F3N2O4. The van der Waals surface area contributed by atoms with Crippen molar-refractivity contribution in [3.8, 4) is 5.75 Å². The number of carbonyl (C=O) groups excluding carboxylic acids is 3. The predicted octanol–water partition coefficient (Wildman–Crippen LogP) is 4.12. The van der Waals surface area contributed by atoms with Gasteiger partial charge in [-0.3, -0.25) is 19.3 Å². The van der Waals surface area contributed by atoms with Crippen molar-refractivity contribution in [2.75, 3.05) is 11.9 Å². The van der Waals surface area contributed by atoms with E-state index in [0.717, 1.165) is 23.1 Å². The van der Waals surface area contributed by atoms with Crippen molar-refractivity contribution in [2.45, 2.75) is 32.5 Å². The van der Waals surface area contributed by atoms with Gasteiger partial charge >= 0.3 is 6.18 Å². The lowest BCUT2D eigenvalue weighted by Crippen LogP contribution is -2.45. The normalized spacial score (nSPS) is 14.5. The number of fused-ring (bicyclic) bond motifs is 1. The van der Waals surface area contributed by atoms with Gasteiger partial charge in [-0.15, -0.1) is 0 Å². The molecular weight excluding hydrogens is 401 g/mol. The van der Waals surface area contributed by atoms with Crippen LogP contribution < -0.4 is 10.1 Å². The quantitative estimate of drug-likeness (QED) is 0.714. The first-order chi connectivity index (χ1) is 14.1. The number of alkyl halides is 3. The summed E-state index contributed by atoms with van der Waals surface area (Å²) in [7, 11) is 0. The maximum atomic E-state index is 13.1. The third kappa shape index (κ3) is 4.00. The van der Waals surface area contributed by atoms with Gasteiger partial charge in [-0.2, -0.15) is 13.2 Å². The summed E-state index contributed by atoms with van der Waals surface area (Å²) in [5.74, 6) is -2.02. The van der Waals surface area contributed by atoms with Gasteiger partial charge in [0.1, 0.15) is 11.8 Å². The molecule has 3 amide bonds. The molecule has 0 saturated heterocycles. The Labute approximate surface area is 170 Å². The number of halogens is 3. The van der Waals surface area contributed by atoms with Gasteiger partial charge < -0.3 is 10.1 Å². The van der Waals surface area contributed by atoms with Gasteiger partial charge in [0.25, 0.3) is 11.8 Å². The number of carbonyl (C=O) groups is 3. The Balaban J connectivity index is 1.86. The van der Waals surface area contributed by atoms with Crippen LogP contribution in [0.3, 0.4) is 0 Å². The molecule has 1 aliphatic heterocycles. The Kier molecular flexibility index (Phi) is 5.82. The summed E-state index contributed by atoms with van der Waals surface area (Å²) >= 11 is 0. The number of ether oxygens (including phenoxy) is 1. The van der Waals surface area contributed by atoms with Gasteiger partial charge in [0.15, 0.2) is 0 Å². The minimum Gasteiger partial charge on any atom is -0.491 e. The summed E-state index contributed by atoms with van der Waals surface area (Å²) in [6, 6.07) is 7.64. The second kappa shape index (κ2) is 8.17. The van der Waals surface area contributed by atoms with E-state index in [4.69, 9.17) is 4.74 Å². The van der Waals surface area contributed by atoms with Crippen molar-refractivity contribution in [3.05, 3.63) is 59.2 Å². The third-order valence-corrected chi connectivity index (χ3v) is 4.62. The van der Waals surface area contributed by atoms with Crippen LogP contribution in [0.2, 0.25) is 0 Å². The fourth-order valence-corrected chi connectivity index (χ4v) is 3.06. The van der Waals surface area contributed by atoms with Crippen LogP contribution in [0.5, 0.6) is 5.75 Å². The van der Waals surface area contributed by atoms with Crippen LogP contribution in [-0.2, 0) is 11.0 Å². The van der Waals surface area contributed by atoms with Crippen LogP contribution in [0.1, 0.15) is 46.5 Å². The number of anilines is 1. The Morgan fingerprint density at radius 3 is 2.23 bits per heavy atom. The van der Waals surface area contributed by atoms with Crippen molar-refractivity contribution in [1.29, 1.82) is 0 Å². The van der Waals surface area contributed by atoms with Gasteiger partial charge in [0.2, 0.25) is 5.91 Å². The highest BCUT2D eigenvalue weighted by Crippen LogP contribution is 2.35. The summed E-state index contributed by atoms with van der Waals surface area (Å²) in [6.45, 7) is 3.39. The van der Waals surface area contributed by atoms with Crippen LogP contribution in [0.4, 0.5) is 18.9 Å². The van der Waals surface area contributed by atoms with Crippen LogP contribution >= 0.6 is 0 Å². The zero-order chi connectivity index (χ0) is 22.1. The molecule has 2 aromatic rings. The summed E-state index contributed by atoms with van der Waals surface area (Å²) in [6.07, 6.45) is -4.00. The molecule has 1 aliphatic rings. The highest BCUT2D eigenvalue weighted by atomic mass is 19.4. The first-order valence-electron chi connectivity index (χ1n) is 9.27. The monoisotopic (exact) mass is 420 g/mol. The van der Waals surface area contributed by atoms with E-state index in [1.54, 1.807) is 12.1 Å². The van der Waals surface area contributed by atoms with Crippen molar-refractivity contribution in [2.24, 2.45) is 0 Å². The lowest BCUT2D eigenvalue weighted by Gasteiger charge is -2.22. The van der Waals surface area contributed by atoms with Gasteiger partial charge in [-0.25, -0.2) is 0 Å². The molecule has 1 N–H and O–H groups in total. The van der Waals surface area contributed by atoms with E-state index in [1.807, 2.05) is 6.92 Å². The Morgan fingerprint density at radius 1 is 1.10 bits per heavy atom. The molecule has 9 heteroatoms. The average molecular weight is 420 g/mol.